The maximum absolute atomic E-state index is 4.47. The summed E-state index contributed by atoms with van der Waals surface area (Å²) in [6.45, 7) is 0. The quantitative estimate of drug-likeness (QED) is 0.0949. The first-order valence-electron chi connectivity index (χ1n) is 12.6. The molecule has 4 rings (SSSR count). The van der Waals surface area contributed by atoms with E-state index in [4.69, 9.17) is 0 Å². The standard InChI is InChI=1S/C26H32N6S4/c1(3-5-7-9-17-33-25-23(29-35-31-25)21-13-11-15-27-19-21)2-4-6-8-10-18-34-26-24(30-36-32-26)22-14-12-16-28-20-22/h11-16,19-20H,1-10,17-18H2. The van der Waals surface area contributed by atoms with E-state index >= 15 is 0 Å². The predicted molar refractivity (Wildman–Crippen MR) is 154 cm³/mol. The normalized spacial score (nSPS) is 11.2. The second-order valence-corrected chi connectivity index (χ2v) is 11.8. The molecule has 4 aromatic heterocycles. The van der Waals surface area contributed by atoms with E-state index in [-0.39, 0.29) is 0 Å². The van der Waals surface area contributed by atoms with Crippen molar-refractivity contribution in [3.63, 3.8) is 0 Å². The van der Waals surface area contributed by atoms with Crippen LogP contribution < -0.4 is 0 Å². The largest absolute Gasteiger partial charge is 0.264 e. The van der Waals surface area contributed by atoms with Gasteiger partial charge in [0.15, 0.2) is 0 Å². The van der Waals surface area contributed by atoms with Crippen LogP contribution in [0.15, 0.2) is 59.1 Å². The van der Waals surface area contributed by atoms with Crippen molar-refractivity contribution in [2.75, 3.05) is 11.5 Å². The van der Waals surface area contributed by atoms with Gasteiger partial charge in [-0.15, -0.1) is 23.5 Å². The summed E-state index contributed by atoms with van der Waals surface area (Å²) in [4.78, 5) is 8.39. The summed E-state index contributed by atoms with van der Waals surface area (Å²) in [6, 6.07) is 7.99. The summed E-state index contributed by atoms with van der Waals surface area (Å²) in [5.74, 6) is 2.22. The molecule has 0 spiro atoms. The van der Waals surface area contributed by atoms with Crippen molar-refractivity contribution < 1.29 is 0 Å². The molecule has 6 nitrogen and oxygen atoms in total. The summed E-state index contributed by atoms with van der Waals surface area (Å²) in [6.07, 6.45) is 20.5. The van der Waals surface area contributed by atoms with Gasteiger partial charge in [-0.25, -0.2) is 0 Å². The van der Waals surface area contributed by atoms with Crippen molar-refractivity contribution in [1.82, 2.24) is 27.5 Å². The predicted octanol–water partition coefficient (Wildman–Crippen LogP) is 8.30. The molecular formula is C26H32N6S4. The Morgan fingerprint density at radius 2 is 0.944 bits per heavy atom. The summed E-state index contributed by atoms with van der Waals surface area (Å²) in [5.41, 5.74) is 4.07. The van der Waals surface area contributed by atoms with Crippen molar-refractivity contribution in [3.05, 3.63) is 49.1 Å². The molecular weight excluding hydrogens is 525 g/mol. The molecule has 36 heavy (non-hydrogen) atoms. The van der Waals surface area contributed by atoms with Crippen LogP contribution >= 0.6 is 47.0 Å². The van der Waals surface area contributed by atoms with Gasteiger partial charge in [0.05, 0.1) is 23.5 Å². The second kappa shape index (κ2) is 16.1. The van der Waals surface area contributed by atoms with Gasteiger partial charge in [-0.05, 0) is 48.6 Å². The smallest absolute Gasteiger partial charge is 0.138 e. The highest BCUT2D eigenvalue weighted by atomic mass is 32.2. The van der Waals surface area contributed by atoms with E-state index in [1.54, 1.807) is 12.4 Å². The molecule has 0 saturated heterocycles. The van der Waals surface area contributed by atoms with Gasteiger partial charge in [0.25, 0.3) is 0 Å². The van der Waals surface area contributed by atoms with Gasteiger partial charge in [0.1, 0.15) is 21.4 Å². The Morgan fingerprint density at radius 3 is 1.33 bits per heavy atom. The minimum absolute atomic E-state index is 0.978. The lowest BCUT2D eigenvalue weighted by atomic mass is 10.1. The number of unbranched alkanes of at least 4 members (excludes halogenated alkanes) is 9. The van der Waals surface area contributed by atoms with Gasteiger partial charge in [-0.1, -0.05) is 51.4 Å². The Bertz CT molecular complexity index is 1030. The molecule has 0 unspecified atom stereocenters. The Morgan fingerprint density at radius 1 is 0.528 bits per heavy atom. The fourth-order valence-corrected chi connectivity index (χ4v) is 7.24. The van der Waals surface area contributed by atoms with Crippen molar-refractivity contribution in [2.24, 2.45) is 0 Å². The lowest BCUT2D eigenvalue weighted by molar-refractivity contribution is 0.564. The topological polar surface area (TPSA) is 77.3 Å². The van der Waals surface area contributed by atoms with E-state index in [0.29, 0.717) is 0 Å². The fraction of sp³-hybridized carbons (Fsp3) is 0.462. The van der Waals surface area contributed by atoms with Crippen LogP contribution in [0.4, 0.5) is 0 Å². The van der Waals surface area contributed by atoms with Crippen LogP contribution in [0.2, 0.25) is 0 Å². The van der Waals surface area contributed by atoms with Gasteiger partial charge in [-0.2, -0.15) is 17.5 Å². The summed E-state index contributed by atoms with van der Waals surface area (Å²) in [5, 5.41) is 2.09. The Labute approximate surface area is 230 Å². The first-order chi connectivity index (χ1) is 17.9. The molecule has 0 aliphatic rings. The van der Waals surface area contributed by atoms with E-state index in [0.717, 1.165) is 44.1 Å². The third-order valence-electron chi connectivity index (χ3n) is 5.80. The van der Waals surface area contributed by atoms with Crippen LogP contribution in [0.3, 0.4) is 0 Å². The number of thioether (sulfide) groups is 2. The Kier molecular flexibility index (Phi) is 12.1. The molecule has 0 amide bonds. The Balaban J connectivity index is 0.963. The van der Waals surface area contributed by atoms with Gasteiger partial charge in [-0.3, -0.25) is 9.97 Å². The number of hydrogen-bond acceptors (Lipinski definition) is 10. The summed E-state index contributed by atoms with van der Waals surface area (Å²) < 4.78 is 17.9. The molecule has 0 aliphatic heterocycles. The van der Waals surface area contributed by atoms with Crippen LogP contribution in [0.1, 0.15) is 64.2 Å². The third kappa shape index (κ3) is 8.90. The average molecular weight is 557 g/mol. The molecule has 0 saturated carbocycles. The molecule has 0 aromatic carbocycles. The van der Waals surface area contributed by atoms with Crippen LogP contribution in [-0.2, 0) is 0 Å². The first-order valence-corrected chi connectivity index (χ1v) is 16.1. The van der Waals surface area contributed by atoms with E-state index in [2.05, 4.69) is 27.5 Å². The van der Waals surface area contributed by atoms with E-state index in [1.807, 2.05) is 60.2 Å². The third-order valence-corrected chi connectivity index (χ3v) is 9.19. The number of pyridine rings is 2. The van der Waals surface area contributed by atoms with Crippen molar-refractivity contribution in [2.45, 2.75) is 74.3 Å². The zero-order valence-electron chi connectivity index (χ0n) is 20.4. The zero-order chi connectivity index (χ0) is 24.7. The van der Waals surface area contributed by atoms with Gasteiger partial charge < -0.3 is 0 Å². The molecule has 0 bridgehead atoms. The van der Waals surface area contributed by atoms with Gasteiger partial charge >= 0.3 is 0 Å². The molecule has 0 radical (unpaired) electrons. The Hall–Kier alpha value is -1.88. The molecule has 4 aromatic rings. The van der Waals surface area contributed by atoms with Crippen LogP contribution in [0.5, 0.6) is 0 Å². The number of nitrogens with zero attached hydrogens (tertiary/aromatic N) is 6. The fourth-order valence-electron chi connectivity index (χ4n) is 3.86. The van der Waals surface area contributed by atoms with Crippen LogP contribution in [-0.4, -0.2) is 39.0 Å². The lowest BCUT2D eigenvalue weighted by Crippen LogP contribution is -1.87. The van der Waals surface area contributed by atoms with Crippen LogP contribution in [0.25, 0.3) is 22.5 Å². The van der Waals surface area contributed by atoms with Gasteiger partial charge in [0, 0.05) is 35.9 Å². The highest BCUT2D eigenvalue weighted by Crippen LogP contribution is 2.31. The van der Waals surface area contributed by atoms with E-state index in [9.17, 15) is 0 Å². The molecule has 4 heterocycles. The minimum atomic E-state index is 0.978. The van der Waals surface area contributed by atoms with Crippen molar-refractivity contribution in [1.29, 1.82) is 0 Å². The van der Waals surface area contributed by atoms with Crippen LogP contribution in [0, 0.1) is 0 Å². The molecule has 0 fully saturated rings. The minimum Gasteiger partial charge on any atom is -0.264 e. The number of rotatable bonds is 17. The highest BCUT2D eigenvalue weighted by Gasteiger charge is 2.12. The maximum atomic E-state index is 4.47. The average Bonchev–Trinajstić information content (AvgIpc) is 3.60. The van der Waals surface area contributed by atoms with E-state index < -0.39 is 0 Å². The monoisotopic (exact) mass is 556 g/mol. The number of hydrogen-bond donors (Lipinski definition) is 0. The van der Waals surface area contributed by atoms with Crippen molar-refractivity contribution >= 4 is 47.0 Å². The molecule has 0 N–H and O–H groups in total. The molecule has 190 valence electrons. The van der Waals surface area contributed by atoms with Gasteiger partial charge in [0.2, 0.25) is 0 Å². The summed E-state index contributed by atoms with van der Waals surface area (Å²) in [7, 11) is 0. The number of aromatic nitrogens is 6. The molecule has 0 atom stereocenters. The second-order valence-electron chi connectivity index (χ2n) is 8.55. The SMILES string of the molecule is c1cncc(-c2nsnc2SCCCCCCCCCCCCSc2nsnc2-c2cccnc2)c1. The highest BCUT2D eigenvalue weighted by molar-refractivity contribution is 7.99. The van der Waals surface area contributed by atoms with Crippen molar-refractivity contribution in [3.8, 4) is 22.5 Å². The summed E-state index contributed by atoms with van der Waals surface area (Å²) >= 11 is 6.23. The zero-order valence-corrected chi connectivity index (χ0v) is 23.7. The molecule has 10 heteroatoms. The first kappa shape index (κ1) is 27.2. The molecule has 0 aliphatic carbocycles. The van der Waals surface area contributed by atoms with E-state index in [1.165, 1.54) is 87.7 Å². The maximum Gasteiger partial charge on any atom is 0.138 e. The lowest BCUT2D eigenvalue weighted by Gasteiger charge is -2.04.